The largest absolute Gasteiger partial charge is 0.467 e. The van der Waals surface area contributed by atoms with E-state index in [4.69, 9.17) is 16.3 Å². The van der Waals surface area contributed by atoms with Crippen LogP contribution in [0.3, 0.4) is 0 Å². The van der Waals surface area contributed by atoms with Gasteiger partial charge in [-0.25, -0.2) is 4.79 Å². The number of carbonyl (C=O) groups excluding carboxylic acids is 2. The van der Waals surface area contributed by atoms with Crippen molar-refractivity contribution in [3.63, 3.8) is 0 Å². The number of fused-ring (bicyclic) bond motifs is 1. The Bertz CT molecular complexity index is 777. The lowest BCUT2D eigenvalue weighted by atomic mass is 9.86. The van der Waals surface area contributed by atoms with Crippen molar-refractivity contribution in [2.24, 2.45) is 5.41 Å². The first kappa shape index (κ1) is 20.3. The third-order valence-corrected chi connectivity index (χ3v) is 4.66. The minimum Gasteiger partial charge on any atom is -0.467 e. The minimum absolute atomic E-state index is 0.275. The Balaban J connectivity index is 2.33. The summed E-state index contributed by atoms with van der Waals surface area (Å²) in [5, 5.41) is 3.72. The second kappa shape index (κ2) is 8.58. The first-order valence-electron chi connectivity index (χ1n) is 8.82. The molecule has 0 aliphatic rings. The normalized spacial score (nSPS) is 12.8. The van der Waals surface area contributed by atoms with Gasteiger partial charge in [-0.2, -0.15) is 0 Å². The second-order valence-corrected chi connectivity index (χ2v) is 7.82. The van der Waals surface area contributed by atoms with E-state index in [2.05, 4.69) is 9.88 Å². The molecule has 0 aliphatic carbocycles. The number of unbranched alkanes of at least 4 members (excludes halogenated alkanes) is 1. The lowest BCUT2D eigenvalue weighted by molar-refractivity contribution is -0.145. The first-order chi connectivity index (χ1) is 12.3. The average molecular weight is 379 g/mol. The molecule has 1 heterocycles. The maximum atomic E-state index is 12.9. The number of nitrogens with one attached hydrogen (secondary N) is 1. The molecule has 0 unspecified atom stereocenters. The van der Waals surface area contributed by atoms with Crippen LogP contribution in [0.4, 0.5) is 0 Å². The molecule has 1 aromatic heterocycles. The molecule has 0 aliphatic heterocycles. The van der Waals surface area contributed by atoms with Crippen molar-refractivity contribution in [2.75, 3.05) is 13.0 Å². The summed E-state index contributed by atoms with van der Waals surface area (Å²) in [6, 6.07) is 7.05. The summed E-state index contributed by atoms with van der Waals surface area (Å²) in [5.74, 6) is -0.0989. The van der Waals surface area contributed by atoms with E-state index >= 15 is 0 Å². The summed E-state index contributed by atoms with van der Waals surface area (Å²) < 4.78 is 6.93. The molecule has 2 aromatic rings. The molecule has 0 fully saturated rings. The average Bonchev–Trinajstić information content (AvgIpc) is 2.97. The number of esters is 1. The highest BCUT2D eigenvalue weighted by Crippen LogP contribution is 2.24. The standard InChI is InChI=1S/C20H27ClN2O3/c1-20(2,3)17(19(25)26-4)22-18(24)15-13-23(12-8-7-11-21)16-10-6-5-9-14(15)16/h5-6,9-10,13,17H,7-8,11-12H2,1-4H3,(H,22,24)/t17-/m1/s1. The summed E-state index contributed by atoms with van der Waals surface area (Å²) in [6.07, 6.45) is 3.71. The van der Waals surface area contributed by atoms with Crippen LogP contribution in [0.5, 0.6) is 0 Å². The Morgan fingerprint density at radius 1 is 1.23 bits per heavy atom. The number of amides is 1. The molecule has 1 aromatic carbocycles. The molecule has 6 heteroatoms. The number of para-hydroxylation sites is 1. The summed E-state index contributed by atoms with van der Waals surface area (Å²) >= 11 is 5.77. The molecule has 1 amide bonds. The zero-order valence-corrected chi connectivity index (χ0v) is 16.6. The fraction of sp³-hybridized carbons (Fsp3) is 0.500. The van der Waals surface area contributed by atoms with Crippen molar-refractivity contribution < 1.29 is 14.3 Å². The molecular formula is C20H27ClN2O3. The maximum Gasteiger partial charge on any atom is 0.328 e. The highest BCUT2D eigenvalue weighted by atomic mass is 35.5. The molecular weight excluding hydrogens is 352 g/mol. The highest BCUT2D eigenvalue weighted by Gasteiger charge is 2.34. The Labute approximate surface area is 159 Å². The van der Waals surface area contributed by atoms with Gasteiger partial charge in [-0.3, -0.25) is 4.79 Å². The van der Waals surface area contributed by atoms with E-state index in [0.717, 1.165) is 30.3 Å². The van der Waals surface area contributed by atoms with Crippen LogP contribution in [0.2, 0.25) is 0 Å². The molecule has 0 bridgehead atoms. The molecule has 1 N–H and O–H groups in total. The third-order valence-electron chi connectivity index (χ3n) is 4.39. The molecule has 0 spiro atoms. The molecule has 5 nitrogen and oxygen atoms in total. The van der Waals surface area contributed by atoms with Crippen molar-refractivity contribution >= 4 is 34.4 Å². The van der Waals surface area contributed by atoms with Crippen molar-refractivity contribution in [1.29, 1.82) is 0 Å². The fourth-order valence-electron chi connectivity index (χ4n) is 2.95. The summed E-state index contributed by atoms with van der Waals surface area (Å²) in [6.45, 7) is 6.47. The zero-order valence-electron chi connectivity index (χ0n) is 15.8. The summed E-state index contributed by atoms with van der Waals surface area (Å²) in [5.41, 5.74) is 1.10. The van der Waals surface area contributed by atoms with Gasteiger partial charge in [0.2, 0.25) is 0 Å². The molecule has 0 saturated carbocycles. The maximum absolute atomic E-state index is 12.9. The van der Waals surface area contributed by atoms with Crippen LogP contribution >= 0.6 is 11.6 Å². The van der Waals surface area contributed by atoms with Crippen molar-refractivity contribution in [2.45, 2.75) is 46.2 Å². The van der Waals surface area contributed by atoms with Gasteiger partial charge in [0.05, 0.1) is 12.7 Å². The summed E-state index contributed by atoms with van der Waals surface area (Å²) in [7, 11) is 1.33. The molecule has 26 heavy (non-hydrogen) atoms. The van der Waals surface area contributed by atoms with Crippen LogP contribution in [0, 0.1) is 5.41 Å². The number of hydrogen-bond acceptors (Lipinski definition) is 3. The lowest BCUT2D eigenvalue weighted by Crippen LogP contribution is -2.49. The van der Waals surface area contributed by atoms with Gasteiger partial charge in [0.25, 0.3) is 5.91 Å². The zero-order chi connectivity index (χ0) is 19.3. The van der Waals surface area contributed by atoms with E-state index in [9.17, 15) is 9.59 Å². The van der Waals surface area contributed by atoms with Gasteiger partial charge in [0, 0.05) is 29.5 Å². The molecule has 2 rings (SSSR count). The van der Waals surface area contributed by atoms with Crippen LogP contribution in [-0.4, -0.2) is 35.5 Å². The number of rotatable bonds is 7. The number of nitrogens with zero attached hydrogens (tertiary/aromatic N) is 1. The number of ether oxygens (including phenoxy) is 1. The molecule has 0 saturated heterocycles. The Kier molecular flexibility index (Phi) is 6.70. The lowest BCUT2D eigenvalue weighted by Gasteiger charge is -2.28. The van der Waals surface area contributed by atoms with Crippen LogP contribution in [0.1, 0.15) is 44.0 Å². The number of aromatic nitrogens is 1. The van der Waals surface area contributed by atoms with Gasteiger partial charge in [-0.1, -0.05) is 39.0 Å². The predicted octanol–water partition coefficient (Wildman–Crippen LogP) is 3.98. The third kappa shape index (κ3) is 4.58. The fourth-order valence-corrected chi connectivity index (χ4v) is 3.13. The quantitative estimate of drug-likeness (QED) is 0.450. The Morgan fingerprint density at radius 3 is 2.54 bits per heavy atom. The van der Waals surface area contributed by atoms with Gasteiger partial charge in [-0.05, 0) is 24.3 Å². The smallest absolute Gasteiger partial charge is 0.328 e. The number of methoxy groups -OCH3 is 1. The molecule has 0 radical (unpaired) electrons. The highest BCUT2D eigenvalue weighted by molar-refractivity contribution is 6.17. The minimum atomic E-state index is -0.724. The van der Waals surface area contributed by atoms with Crippen molar-refractivity contribution in [1.82, 2.24) is 9.88 Å². The van der Waals surface area contributed by atoms with Gasteiger partial charge in [-0.15, -0.1) is 11.6 Å². The summed E-state index contributed by atoms with van der Waals surface area (Å²) in [4.78, 5) is 25.0. The van der Waals surface area contributed by atoms with Crippen molar-refractivity contribution in [3.8, 4) is 0 Å². The number of hydrogen-bond donors (Lipinski definition) is 1. The van der Waals surface area contributed by atoms with Crippen LogP contribution in [-0.2, 0) is 16.1 Å². The predicted molar refractivity (Wildman–Crippen MR) is 105 cm³/mol. The van der Waals surface area contributed by atoms with E-state index in [1.165, 1.54) is 7.11 Å². The molecule has 1 atom stereocenters. The Hall–Kier alpha value is -2.01. The Morgan fingerprint density at radius 2 is 1.92 bits per heavy atom. The van der Waals surface area contributed by atoms with E-state index in [1.807, 2.05) is 51.2 Å². The van der Waals surface area contributed by atoms with E-state index in [0.29, 0.717) is 11.4 Å². The van der Waals surface area contributed by atoms with Gasteiger partial charge < -0.3 is 14.6 Å². The topological polar surface area (TPSA) is 60.3 Å². The van der Waals surface area contributed by atoms with E-state index < -0.39 is 17.4 Å². The monoisotopic (exact) mass is 378 g/mol. The number of aryl methyl sites for hydroxylation is 1. The first-order valence-corrected chi connectivity index (χ1v) is 9.35. The van der Waals surface area contributed by atoms with E-state index in [1.54, 1.807) is 0 Å². The number of halogens is 1. The SMILES string of the molecule is COC(=O)[C@@H](NC(=O)c1cn(CCCCCl)c2ccccc12)C(C)(C)C. The van der Waals surface area contributed by atoms with Crippen LogP contribution in [0.25, 0.3) is 10.9 Å². The van der Waals surface area contributed by atoms with Crippen LogP contribution < -0.4 is 5.32 Å². The van der Waals surface area contributed by atoms with Gasteiger partial charge in [0.15, 0.2) is 0 Å². The van der Waals surface area contributed by atoms with Crippen LogP contribution in [0.15, 0.2) is 30.5 Å². The van der Waals surface area contributed by atoms with Gasteiger partial charge >= 0.3 is 5.97 Å². The van der Waals surface area contributed by atoms with Crippen molar-refractivity contribution in [3.05, 3.63) is 36.0 Å². The number of alkyl halides is 1. The second-order valence-electron chi connectivity index (χ2n) is 7.45. The molecule has 142 valence electrons. The number of benzene rings is 1. The van der Waals surface area contributed by atoms with E-state index in [-0.39, 0.29) is 5.91 Å². The van der Waals surface area contributed by atoms with Gasteiger partial charge in [0.1, 0.15) is 6.04 Å². The number of carbonyl (C=O) groups is 2.